The van der Waals surface area contributed by atoms with Crippen LogP contribution in [0.5, 0.6) is 0 Å². The first-order valence-corrected chi connectivity index (χ1v) is 7.85. The molecule has 1 N–H and O–H groups in total. The van der Waals surface area contributed by atoms with E-state index < -0.39 is 43.3 Å². The number of carbonyl (C=O) groups excluding carboxylic acids is 1. The number of nitrogens with one attached hydrogen (secondary N) is 1. The van der Waals surface area contributed by atoms with Crippen molar-refractivity contribution in [2.75, 3.05) is 13.2 Å². The van der Waals surface area contributed by atoms with Crippen LogP contribution < -0.4 is 15.9 Å². The highest BCUT2D eigenvalue weighted by Gasteiger charge is 2.35. The number of nitrogens with zero attached hydrogens (tertiary/aromatic N) is 1. The monoisotopic (exact) mass is 398 g/mol. The second-order valence-electron chi connectivity index (χ2n) is 5.75. The van der Waals surface area contributed by atoms with Crippen LogP contribution in [0, 0.1) is 6.92 Å². The van der Waals surface area contributed by atoms with Crippen LogP contribution in [-0.4, -0.2) is 42.7 Å². The van der Waals surface area contributed by atoms with Crippen LogP contribution in [0.25, 0.3) is 11.8 Å². The first-order valence-electron chi connectivity index (χ1n) is 7.85. The Morgan fingerprint density at radius 1 is 1.30 bits per heavy atom. The SMILES string of the molecule is CCOC(=O)c1cc(C)c2c(n1)=C(OC(F)(F)F)CC(NCC(F)(F)F)C=2. The summed E-state index contributed by atoms with van der Waals surface area (Å²) >= 11 is 0. The molecule has 1 aromatic rings. The third-order valence-electron chi connectivity index (χ3n) is 3.59. The lowest BCUT2D eigenvalue weighted by molar-refractivity contribution is -0.292. The molecule has 0 aliphatic heterocycles. The fourth-order valence-corrected chi connectivity index (χ4v) is 2.58. The maximum Gasteiger partial charge on any atom is 0.572 e. The van der Waals surface area contributed by atoms with Crippen molar-refractivity contribution in [1.82, 2.24) is 10.3 Å². The number of fused-ring (bicyclic) bond motifs is 1. The minimum Gasteiger partial charge on any atom is -0.461 e. The summed E-state index contributed by atoms with van der Waals surface area (Å²) in [6.07, 6.45) is -8.77. The highest BCUT2D eigenvalue weighted by Crippen LogP contribution is 2.24. The number of ether oxygens (including phenoxy) is 2. The fourth-order valence-electron chi connectivity index (χ4n) is 2.58. The lowest BCUT2D eigenvalue weighted by atomic mass is 10.0. The topological polar surface area (TPSA) is 60.5 Å². The molecular formula is C16H16F6N2O3. The van der Waals surface area contributed by atoms with Crippen molar-refractivity contribution in [3.63, 3.8) is 0 Å². The lowest BCUT2D eigenvalue weighted by Crippen LogP contribution is -2.46. The summed E-state index contributed by atoms with van der Waals surface area (Å²) in [5.41, 5.74) is 0.135. The van der Waals surface area contributed by atoms with E-state index in [2.05, 4.69) is 15.0 Å². The van der Waals surface area contributed by atoms with E-state index in [-0.39, 0.29) is 22.9 Å². The van der Waals surface area contributed by atoms with Gasteiger partial charge in [0.05, 0.1) is 13.2 Å². The van der Waals surface area contributed by atoms with Gasteiger partial charge in [0.1, 0.15) is 16.8 Å². The molecule has 0 spiro atoms. The lowest BCUT2D eigenvalue weighted by Gasteiger charge is -2.23. The quantitative estimate of drug-likeness (QED) is 0.607. The molecule has 0 saturated heterocycles. The van der Waals surface area contributed by atoms with Crippen molar-refractivity contribution in [2.24, 2.45) is 0 Å². The fraction of sp³-hybridized carbons (Fsp3) is 0.500. The Balaban J connectivity index is 2.54. The first kappa shape index (κ1) is 21.0. The van der Waals surface area contributed by atoms with Crippen LogP contribution in [0.1, 0.15) is 29.4 Å². The van der Waals surface area contributed by atoms with Gasteiger partial charge in [-0.3, -0.25) is 0 Å². The molecule has 0 aromatic carbocycles. The number of aryl methyl sites for hydroxylation is 1. The Labute approximate surface area is 149 Å². The Kier molecular flexibility index (Phi) is 6.03. The minimum atomic E-state index is -5.06. The van der Waals surface area contributed by atoms with Crippen LogP contribution >= 0.6 is 0 Å². The molecule has 0 amide bonds. The number of aromatic nitrogens is 1. The zero-order valence-corrected chi connectivity index (χ0v) is 14.3. The Morgan fingerprint density at radius 2 is 1.96 bits per heavy atom. The molecule has 1 unspecified atom stereocenters. The number of carbonyl (C=O) groups is 1. The van der Waals surface area contributed by atoms with Crippen LogP contribution in [0.4, 0.5) is 26.3 Å². The van der Waals surface area contributed by atoms with Gasteiger partial charge in [-0.05, 0) is 25.5 Å². The highest BCUT2D eigenvalue weighted by atomic mass is 19.4. The average molecular weight is 398 g/mol. The molecule has 1 aromatic heterocycles. The number of hydrogen-bond donors (Lipinski definition) is 1. The van der Waals surface area contributed by atoms with E-state index in [0.717, 1.165) is 0 Å². The van der Waals surface area contributed by atoms with Crippen LogP contribution in [0.2, 0.25) is 0 Å². The van der Waals surface area contributed by atoms with E-state index in [4.69, 9.17) is 4.74 Å². The number of pyridine rings is 1. The van der Waals surface area contributed by atoms with Gasteiger partial charge < -0.3 is 14.8 Å². The van der Waals surface area contributed by atoms with Crippen LogP contribution in [0.15, 0.2) is 6.07 Å². The smallest absolute Gasteiger partial charge is 0.461 e. The Morgan fingerprint density at radius 3 is 2.52 bits per heavy atom. The minimum absolute atomic E-state index is 0.0435. The molecule has 150 valence electrons. The standard InChI is InChI=1S/C16H16F6N2O3/c1-3-26-14(25)11-4-8(2)10-5-9(23-7-15(17,18)19)6-12(13(10)24-11)27-16(20,21)22/h4-5,9,23H,3,6-7H2,1-2H3. The van der Waals surface area contributed by atoms with E-state index >= 15 is 0 Å². The molecule has 0 bridgehead atoms. The van der Waals surface area contributed by atoms with Gasteiger partial charge in [0.15, 0.2) is 0 Å². The third kappa shape index (κ3) is 5.84. The number of alkyl halides is 6. The zero-order valence-electron chi connectivity index (χ0n) is 14.3. The summed E-state index contributed by atoms with van der Waals surface area (Å²) in [4.78, 5) is 15.7. The predicted molar refractivity (Wildman–Crippen MR) is 81.7 cm³/mol. The van der Waals surface area contributed by atoms with Crippen molar-refractivity contribution < 1.29 is 40.6 Å². The van der Waals surface area contributed by atoms with Crippen molar-refractivity contribution in [1.29, 1.82) is 0 Å². The van der Waals surface area contributed by atoms with Gasteiger partial charge in [0.2, 0.25) is 0 Å². The van der Waals surface area contributed by atoms with E-state index in [1.165, 1.54) is 19.1 Å². The molecular weight excluding hydrogens is 382 g/mol. The number of esters is 1. The maximum atomic E-state index is 12.7. The van der Waals surface area contributed by atoms with Crippen molar-refractivity contribution in [3.05, 3.63) is 27.9 Å². The number of halogens is 6. The largest absolute Gasteiger partial charge is 0.572 e. The number of hydrogen-bond acceptors (Lipinski definition) is 5. The Hall–Kier alpha value is -2.30. The molecule has 27 heavy (non-hydrogen) atoms. The zero-order chi connectivity index (χ0) is 20.4. The highest BCUT2D eigenvalue weighted by molar-refractivity contribution is 5.87. The molecule has 5 nitrogen and oxygen atoms in total. The second kappa shape index (κ2) is 7.75. The molecule has 2 rings (SSSR count). The first-order chi connectivity index (χ1) is 12.4. The third-order valence-corrected chi connectivity index (χ3v) is 3.59. The maximum absolute atomic E-state index is 12.7. The van der Waals surface area contributed by atoms with E-state index in [9.17, 15) is 31.1 Å². The summed E-state index contributed by atoms with van der Waals surface area (Å²) in [6.45, 7) is 1.72. The van der Waals surface area contributed by atoms with Crippen LogP contribution in [0.3, 0.4) is 0 Å². The van der Waals surface area contributed by atoms with Gasteiger partial charge in [-0.2, -0.15) is 13.2 Å². The van der Waals surface area contributed by atoms with Gasteiger partial charge in [-0.25, -0.2) is 9.78 Å². The number of rotatable bonds is 5. The summed E-state index contributed by atoms with van der Waals surface area (Å²) in [7, 11) is 0. The Bertz CT molecular complexity index is 832. The second-order valence-corrected chi connectivity index (χ2v) is 5.75. The van der Waals surface area contributed by atoms with Crippen molar-refractivity contribution >= 4 is 17.8 Å². The van der Waals surface area contributed by atoms with Gasteiger partial charge in [0.25, 0.3) is 0 Å². The van der Waals surface area contributed by atoms with E-state index in [1.54, 1.807) is 6.92 Å². The van der Waals surface area contributed by atoms with Crippen molar-refractivity contribution in [2.45, 2.75) is 38.8 Å². The predicted octanol–water partition coefficient (Wildman–Crippen LogP) is 1.92. The van der Waals surface area contributed by atoms with Crippen LogP contribution in [-0.2, 0) is 9.47 Å². The summed E-state index contributed by atoms with van der Waals surface area (Å²) in [6, 6.07) is 0.246. The average Bonchev–Trinajstić information content (AvgIpc) is 2.51. The van der Waals surface area contributed by atoms with Crippen molar-refractivity contribution in [3.8, 4) is 0 Å². The molecule has 11 heteroatoms. The molecule has 0 saturated carbocycles. The molecule has 1 heterocycles. The molecule has 1 aliphatic rings. The van der Waals surface area contributed by atoms with Gasteiger partial charge in [-0.1, -0.05) is 6.08 Å². The molecule has 0 fully saturated rings. The molecule has 1 atom stereocenters. The summed E-state index contributed by atoms with van der Waals surface area (Å²) in [5.74, 6) is -1.50. The summed E-state index contributed by atoms with van der Waals surface area (Å²) in [5, 5.41) is 2.05. The molecule has 1 aliphatic carbocycles. The summed E-state index contributed by atoms with van der Waals surface area (Å²) < 4.78 is 84.2. The van der Waals surface area contributed by atoms with Gasteiger partial charge >= 0.3 is 18.5 Å². The molecule has 0 radical (unpaired) electrons. The van der Waals surface area contributed by atoms with E-state index in [0.29, 0.717) is 5.56 Å². The van der Waals surface area contributed by atoms with Gasteiger partial charge in [-0.15, -0.1) is 13.2 Å². The normalized spacial score (nSPS) is 17.2. The van der Waals surface area contributed by atoms with E-state index in [1.807, 2.05) is 0 Å². The van der Waals surface area contributed by atoms with Gasteiger partial charge in [0, 0.05) is 17.7 Å².